The Morgan fingerprint density at radius 1 is 1.02 bits per heavy atom. The summed E-state index contributed by atoms with van der Waals surface area (Å²) in [4.78, 5) is 44.2. The molecule has 0 saturated carbocycles. The first-order chi connectivity index (χ1) is 21.7. The van der Waals surface area contributed by atoms with E-state index < -0.39 is 23.8 Å². The molecule has 8 nitrogen and oxygen atoms in total. The number of fused-ring (bicyclic) bond motifs is 1. The van der Waals surface area contributed by atoms with Gasteiger partial charge in [-0.15, -0.1) is 0 Å². The Kier molecular flexibility index (Phi) is 7.90. The smallest absolute Gasteiger partial charge is 0.338 e. The molecule has 45 heavy (non-hydrogen) atoms. The van der Waals surface area contributed by atoms with E-state index in [1.807, 2.05) is 54.8 Å². The van der Waals surface area contributed by atoms with Crippen LogP contribution in [0.4, 0.5) is 4.39 Å². The van der Waals surface area contributed by atoms with Crippen LogP contribution in [0.2, 0.25) is 0 Å². The number of esters is 1. The van der Waals surface area contributed by atoms with Crippen molar-refractivity contribution in [2.45, 2.75) is 26.8 Å². The molecule has 0 radical (unpaired) electrons. The number of benzene rings is 3. The average Bonchev–Trinajstić information content (AvgIpc) is 3.50. The summed E-state index contributed by atoms with van der Waals surface area (Å²) in [5.41, 5.74) is 4.78. The Morgan fingerprint density at radius 3 is 2.36 bits per heavy atom. The number of aryl methyl sites for hydroxylation is 1. The Morgan fingerprint density at radius 2 is 1.71 bits per heavy atom. The molecule has 2 aromatic heterocycles. The monoisotopic (exact) mass is 620 g/mol. The number of aromatic carboxylic acids is 1. The Labute approximate surface area is 261 Å². The van der Waals surface area contributed by atoms with Crippen molar-refractivity contribution < 1.29 is 23.8 Å². The maximum atomic E-state index is 14.2. The van der Waals surface area contributed by atoms with Crippen molar-refractivity contribution in [1.29, 1.82) is 0 Å². The van der Waals surface area contributed by atoms with Crippen LogP contribution >= 0.6 is 11.3 Å². The van der Waals surface area contributed by atoms with Gasteiger partial charge in [-0.05, 0) is 73.9 Å². The van der Waals surface area contributed by atoms with Gasteiger partial charge in [0.1, 0.15) is 5.82 Å². The predicted octanol–water partition coefficient (Wildman–Crippen LogP) is 3.85. The average molecular weight is 621 g/mol. The Hall–Kier alpha value is -5.35. The largest absolute Gasteiger partial charge is 0.545 e. The van der Waals surface area contributed by atoms with Crippen LogP contribution in [0.1, 0.15) is 51.4 Å². The van der Waals surface area contributed by atoms with E-state index in [1.165, 1.54) is 40.2 Å². The number of aromatic nitrogens is 2. The molecule has 0 amide bonds. The molecular weight excluding hydrogens is 593 g/mol. The van der Waals surface area contributed by atoms with Gasteiger partial charge in [-0.3, -0.25) is 9.36 Å². The fourth-order valence-corrected chi connectivity index (χ4v) is 6.61. The minimum absolute atomic E-state index is 0.0790. The second-order valence-electron chi connectivity index (χ2n) is 10.5. The highest BCUT2D eigenvalue weighted by Crippen LogP contribution is 2.35. The minimum Gasteiger partial charge on any atom is -0.545 e. The summed E-state index contributed by atoms with van der Waals surface area (Å²) in [6.07, 6.45) is 1.79. The summed E-state index contributed by atoms with van der Waals surface area (Å²) in [6.45, 7) is 5.66. The molecule has 0 fully saturated rings. The zero-order valence-electron chi connectivity index (χ0n) is 24.6. The van der Waals surface area contributed by atoms with Crippen LogP contribution in [0.15, 0.2) is 100 Å². The Bertz CT molecular complexity index is 2160. The summed E-state index contributed by atoms with van der Waals surface area (Å²) in [6, 6.07) is 22.3. The number of hydrogen-bond acceptors (Lipinski definition) is 7. The summed E-state index contributed by atoms with van der Waals surface area (Å²) in [5.74, 6) is -2.31. The lowest BCUT2D eigenvalue weighted by molar-refractivity contribution is -0.255. The number of carbonyl (C=O) groups is 2. The highest BCUT2D eigenvalue weighted by molar-refractivity contribution is 7.07. The van der Waals surface area contributed by atoms with Crippen LogP contribution in [-0.2, 0) is 9.53 Å². The molecule has 0 spiro atoms. The third-order valence-corrected chi connectivity index (χ3v) is 8.66. The minimum atomic E-state index is -1.25. The zero-order valence-corrected chi connectivity index (χ0v) is 25.4. The number of hydrogen-bond donors (Lipinski definition) is 0. The van der Waals surface area contributed by atoms with E-state index in [0.29, 0.717) is 26.2 Å². The van der Waals surface area contributed by atoms with Crippen LogP contribution in [0.25, 0.3) is 17.5 Å². The second-order valence-corrected chi connectivity index (χ2v) is 11.5. The lowest BCUT2D eigenvalue weighted by Gasteiger charge is -2.25. The van der Waals surface area contributed by atoms with E-state index in [0.717, 1.165) is 22.6 Å². The molecule has 10 heteroatoms. The van der Waals surface area contributed by atoms with Gasteiger partial charge in [-0.2, -0.15) is 0 Å². The molecule has 1 atom stereocenters. The SMILES string of the molecule is CCOC(=O)C1=C(c2ccccc2)N=c2s/c(=C\c3cc(C)n(-c4ccc(C(=O)[O-])cc4)c3C)c(=O)n2C1c1ccc(F)cc1. The van der Waals surface area contributed by atoms with Gasteiger partial charge in [0, 0.05) is 22.6 Å². The second kappa shape index (κ2) is 12.0. The molecule has 0 saturated heterocycles. The third kappa shape index (κ3) is 5.44. The van der Waals surface area contributed by atoms with Gasteiger partial charge >= 0.3 is 5.97 Å². The van der Waals surface area contributed by atoms with Gasteiger partial charge in [-0.25, -0.2) is 14.2 Å². The van der Waals surface area contributed by atoms with Gasteiger partial charge in [0.25, 0.3) is 5.56 Å². The van der Waals surface area contributed by atoms with Crippen LogP contribution in [0.3, 0.4) is 0 Å². The number of carboxylic acids is 1. The highest BCUT2D eigenvalue weighted by atomic mass is 32.1. The van der Waals surface area contributed by atoms with Gasteiger partial charge < -0.3 is 19.2 Å². The number of rotatable bonds is 7. The van der Waals surface area contributed by atoms with Crippen molar-refractivity contribution in [1.82, 2.24) is 9.13 Å². The van der Waals surface area contributed by atoms with Gasteiger partial charge in [0.2, 0.25) is 0 Å². The van der Waals surface area contributed by atoms with Crippen molar-refractivity contribution in [3.05, 3.63) is 150 Å². The maximum Gasteiger partial charge on any atom is 0.338 e. The number of thiazole rings is 1. The summed E-state index contributed by atoms with van der Waals surface area (Å²) in [7, 11) is 0. The van der Waals surface area contributed by atoms with E-state index in [4.69, 9.17) is 9.73 Å². The first-order valence-corrected chi connectivity index (χ1v) is 15.0. The van der Waals surface area contributed by atoms with Gasteiger partial charge in [0.15, 0.2) is 4.80 Å². The summed E-state index contributed by atoms with van der Waals surface area (Å²) >= 11 is 1.20. The molecule has 3 aromatic carbocycles. The fraction of sp³-hybridized carbons (Fsp3) is 0.143. The number of nitrogens with zero attached hydrogens (tertiary/aromatic N) is 3. The van der Waals surface area contributed by atoms with Crippen molar-refractivity contribution in [2.24, 2.45) is 4.99 Å². The standard InChI is InChI=1S/C35H28FN3O5S/c1-4-44-34(43)29-30(22-8-6-5-7-9-22)37-35-39(31(29)23-10-14-26(36)15-11-23)32(40)28(45-35)19-25-18-20(2)38(21(25)3)27-16-12-24(13-17-27)33(41)42/h5-19,31H,4H2,1-3H3,(H,41,42)/p-1/b28-19-. The summed E-state index contributed by atoms with van der Waals surface area (Å²) in [5, 5.41) is 11.2. The summed E-state index contributed by atoms with van der Waals surface area (Å²) < 4.78 is 23.3. The zero-order chi connectivity index (χ0) is 31.8. The van der Waals surface area contributed by atoms with Crippen LogP contribution in [0.5, 0.6) is 0 Å². The molecule has 5 aromatic rings. The predicted molar refractivity (Wildman–Crippen MR) is 167 cm³/mol. The van der Waals surface area contributed by atoms with Crippen molar-refractivity contribution in [3.8, 4) is 5.69 Å². The first-order valence-electron chi connectivity index (χ1n) is 14.2. The van der Waals surface area contributed by atoms with E-state index in [-0.39, 0.29) is 23.3 Å². The molecule has 0 bridgehead atoms. The first kappa shape index (κ1) is 29.7. The van der Waals surface area contributed by atoms with Gasteiger partial charge in [0.05, 0.1) is 34.4 Å². The van der Waals surface area contributed by atoms with E-state index in [2.05, 4.69) is 0 Å². The maximum absolute atomic E-state index is 14.2. The van der Waals surface area contributed by atoms with Crippen molar-refractivity contribution in [3.63, 3.8) is 0 Å². The molecule has 226 valence electrons. The highest BCUT2D eigenvalue weighted by Gasteiger charge is 2.35. The Balaban J connectivity index is 1.56. The quantitative estimate of drug-likeness (QED) is 0.257. The van der Waals surface area contributed by atoms with Crippen molar-refractivity contribution in [2.75, 3.05) is 6.61 Å². The molecule has 0 N–H and O–H groups in total. The third-order valence-electron chi connectivity index (χ3n) is 7.68. The molecule has 0 aliphatic carbocycles. The number of carboxylic acid groups (broad SMARTS) is 1. The number of halogens is 1. The number of ether oxygens (including phenoxy) is 1. The van der Waals surface area contributed by atoms with E-state index >= 15 is 0 Å². The molecule has 6 rings (SSSR count). The molecule has 1 aliphatic heterocycles. The normalized spacial score (nSPS) is 14.7. The topological polar surface area (TPSA) is 106 Å². The molecule has 1 unspecified atom stereocenters. The van der Waals surface area contributed by atoms with Crippen LogP contribution in [0, 0.1) is 19.7 Å². The van der Waals surface area contributed by atoms with Crippen LogP contribution < -0.4 is 20.0 Å². The molecule has 3 heterocycles. The fourth-order valence-electron chi connectivity index (χ4n) is 5.62. The van der Waals surface area contributed by atoms with Crippen LogP contribution in [-0.4, -0.2) is 27.7 Å². The molecular formula is C35H27FN3O5S-. The van der Waals surface area contributed by atoms with E-state index in [9.17, 15) is 23.9 Å². The van der Waals surface area contributed by atoms with Crippen molar-refractivity contribution >= 4 is 35.0 Å². The lowest BCUT2D eigenvalue weighted by Crippen LogP contribution is -2.40. The number of carbonyl (C=O) groups excluding carboxylic acids is 2. The molecule has 1 aliphatic rings. The van der Waals surface area contributed by atoms with E-state index in [1.54, 1.807) is 37.3 Å². The lowest BCUT2D eigenvalue weighted by atomic mass is 9.93. The van der Waals surface area contributed by atoms with Gasteiger partial charge in [-0.1, -0.05) is 65.9 Å².